The van der Waals surface area contributed by atoms with Crippen molar-refractivity contribution < 1.29 is 27.2 Å². The van der Waals surface area contributed by atoms with Crippen LogP contribution in [-0.4, -0.2) is 65.8 Å². The molecule has 1 amide bonds. The summed E-state index contributed by atoms with van der Waals surface area (Å²) in [5.41, 5.74) is -0.776. The third kappa shape index (κ3) is 5.96. The average Bonchev–Trinajstić information content (AvgIpc) is 3.41. The highest BCUT2D eigenvalue weighted by Gasteiger charge is 2.42. The molecule has 0 aromatic carbocycles. The van der Waals surface area contributed by atoms with Crippen LogP contribution in [0.15, 0.2) is 22.7 Å². The Kier molecular flexibility index (Phi) is 7.90. The number of piperazine rings is 1. The molecule has 3 fully saturated rings. The number of Topliss-reactive ketones (excluding diaryl/α,β-unsaturated/α-hetero) is 1. The van der Waals surface area contributed by atoms with Crippen molar-refractivity contribution in [2.75, 3.05) is 49.1 Å². The first-order valence-electron chi connectivity index (χ1n) is 13.6. The summed E-state index contributed by atoms with van der Waals surface area (Å²) in [4.78, 5) is 39.5. The molecule has 2 aliphatic heterocycles. The second-order valence-electron chi connectivity index (χ2n) is 10.5. The number of carbonyl (C=O) groups is 2. The van der Waals surface area contributed by atoms with Gasteiger partial charge in [0, 0.05) is 57.8 Å². The smallest absolute Gasteiger partial charge is 0.420 e. The van der Waals surface area contributed by atoms with E-state index in [0.29, 0.717) is 50.6 Å². The van der Waals surface area contributed by atoms with Crippen molar-refractivity contribution in [3.05, 3.63) is 35.3 Å². The predicted molar refractivity (Wildman–Crippen MR) is 135 cm³/mol. The minimum absolute atomic E-state index is 0.144. The van der Waals surface area contributed by atoms with Gasteiger partial charge < -0.3 is 19.1 Å². The Labute approximate surface area is 220 Å². The fourth-order valence-corrected chi connectivity index (χ4v) is 5.65. The molecule has 3 aliphatic rings. The lowest BCUT2D eigenvalue weighted by atomic mass is 9.88. The number of halogens is 3. The van der Waals surface area contributed by atoms with Crippen LogP contribution in [-0.2, 0) is 17.4 Å². The van der Waals surface area contributed by atoms with E-state index in [9.17, 15) is 22.8 Å². The van der Waals surface area contributed by atoms with Crippen LogP contribution < -0.4 is 9.80 Å². The Morgan fingerprint density at radius 3 is 2.21 bits per heavy atom. The zero-order chi connectivity index (χ0) is 26.7. The summed E-state index contributed by atoms with van der Waals surface area (Å²) < 4.78 is 46.3. The van der Waals surface area contributed by atoms with Gasteiger partial charge in [0.1, 0.15) is 5.82 Å². The number of amides is 1. The lowest BCUT2D eigenvalue weighted by Gasteiger charge is -2.37. The van der Waals surface area contributed by atoms with E-state index in [-0.39, 0.29) is 24.3 Å². The van der Waals surface area contributed by atoms with E-state index < -0.39 is 23.4 Å². The molecule has 0 N–H and O–H groups in total. The van der Waals surface area contributed by atoms with E-state index in [4.69, 9.17) is 4.42 Å². The number of aromatic nitrogens is 2. The number of carbonyl (C=O) groups excluding carboxylic acids is 2. The molecule has 206 valence electrons. The molecule has 2 aromatic rings. The van der Waals surface area contributed by atoms with Crippen molar-refractivity contribution in [2.45, 2.75) is 64.0 Å². The van der Waals surface area contributed by atoms with E-state index in [0.717, 1.165) is 44.9 Å². The molecule has 2 saturated heterocycles. The van der Waals surface area contributed by atoms with Gasteiger partial charge in [0.15, 0.2) is 5.69 Å². The standard InChI is InChI=1S/C27H34F3N5O3/c28-27(29,30)24-23(38-26(32-24)35-11-5-2-6-12-35)21(36)17-19-9-10-22(31-18-19)33-13-15-34(16-14-33)25(37)20-7-3-1-4-8-20/h9-10,18,20H,1-8,11-17H2. The van der Waals surface area contributed by atoms with E-state index in [2.05, 4.69) is 14.9 Å². The lowest BCUT2D eigenvalue weighted by Crippen LogP contribution is -2.50. The zero-order valence-electron chi connectivity index (χ0n) is 21.5. The largest absolute Gasteiger partial charge is 0.437 e. The van der Waals surface area contributed by atoms with E-state index in [1.807, 2.05) is 4.90 Å². The van der Waals surface area contributed by atoms with Gasteiger partial charge in [0.25, 0.3) is 6.01 Å². The number of rotatable bonds is 6. The first kappa shape index (κ1) is 26.5. The van der Waals surface area contributed by atoms with Crippen LogP contribution in [0, 0.1) is 5.92 Å². The van der Waals surface area contributed by atoms with E-state index in [1.165, 1.54) is 12.6 Å². The van der Waals surface area contributed by atoms with Gasteiger partial charge in [-0.2, -0.15) is 18.2 Å². The van der Waals surface area contributed by atoms with Crippen LogP contribution in [0.5, 0.6) is 0 Å². The SMILES string of the molecule is O=C(Cc1ccc(N2CCN(C(=O)C3CCCCC3)CC2)nc1)c1oc(N2CCCCC2)nc1C(F)(F)F. The van der Waals surface area contributed by atoms with Gasteiger partial charge >= 0.3 is 6.18 Å². The van der Waals surface area contributed by atoms with Crippen molar-refractivity contribution in [3.63, 3.8) is 0 Å². The number of hydrogen-bond acceptors (Lipinski definition) is 7. The Hall–Kier alpha value is -3.11. The summed E-state index contributed by atoms with van der Waals surface area (Å²) in [5.74, 6) is -0.393. The molecule has 11 heteroatoms. The molecule has 0 atom stereocenters. The molecule has 0 spiro atoms. The monoisotopic (exact) mass is 533 g/mol. The van der Waals surface area contributed by atoms with Gasteiger partial charge in [0.2, 0.25) is 17.5 Å². The highest BCUT2D eigenvalue weighted by molar-refractivity contribution is 5.96. The molecule has 0 unspecified atom stereocenters. The molecule has 0 radical (unpaired) electrons. The molecule has 1 saturated carbocycles. The van der Waals surface area contributed by atoms with E-state index in [1.54, 1.807) is 17.0 Å². The average molecular weight is 534 g/mol. The summed E-state index contributed by atoms with van der Waals surface area (Å²) in [6, 6.07) is 3.33. The molecule has 2 aromatic heterocycles. The maximum absolute atomic E-state index is 13.6. The second kappa shape index (κ2) is 11.3. The fraction of sp³-hybridized carbons (Fsp3) is 0.630. The topological polar surface area (TPSA) is 82.8 Å². The van der Waals surface area contributed by atoms with Crippen molar-refractivity contribution in [1.29, 1.82) is 0 Å². The quantitative estimate of drug-likeness (QED) is 0.497. The Morgan fingerprint density at radius 1 is 0.895 bits per heavy atom. The van der Waals surface area contributed by atoms with Gasteiger partial charge in [-0.3, -0.25) is 9.59 Å². The van der Waals surface area contributed by atoms with Crippen molar-refractivity contribution in [3.8, 4) is 0 Å². The minimum Gasteiger partial charge on any atom is -0.420 e. The summed E-state index contributed by atoms with van der Waals surface area (Å²) in [7, 11) is 0. The zero-order valence-corrected chi connectivity index (χ0v) is 21.5. The summed E-state index contributed by atoms with van der Waals surface area (Å²) in [6.07, 6.45) is 4.59. The normalized spacial score (nSPS) is 19.6. The first-order chi connectivity index (χ1) is 18.3. The molecule has 4 heterocycles. The van der Waals surface area contributed by atoms with Crippen molar-refractivity contribution in [1.82, 2.24) is 14.9 Å². The number of alkyl halides is 3. The van der Waals surface area contributed by atoms with Crippen LogP contribution in [0.25, 0.3) is 0 Å². The predicted octanol–water partition coefficient (Wildman–Crippen LogP) is 4.73. The third-order valence-corrected chi connectivity index (χ3v) is 7.81. The number of pyridine rings is 1. The number of ketones is 1. The van der Waals surface area contributed by atoms with Gasteiger partial charge in [-0.15, -0.1) is 0 Å². The van der Waals surface area contributed by atoms with Gasteiger partial charge in [-0.05, 0) is 43.7 Å². The number of nitrogens with zero attached hydrogens (tertiary/aromatic N) is 5. The number of piperidine rings is 1. The summed E-state index contributed by atoms with van der Waals surface area (Å²) >= 11 is 0. The summed E-state index contributed by atoms with van der Waals surface area (Å²) in [5, 5.41) is 0. The fourth-order valence-electron chi connectivity index (χ4n) is 5.65. The molecule has 1 aliphatic carbocycles. The Morgan fingerprint density at radius 2 is 1.58 bits per heavy atom. The van der Waals surface area contributed by atoms with Crippen LogP contribution >= 0.6 is 0 Å². The minimum atomic E-state index is -4.79. The van der Waals surface area contributed by atoms with Gasteiger partial charge in [0.05, 0.1) is 0 Å². The van der Waals surface area contributed by atoms with Crippen molar-refractivity contribution in [2.24, 2.45) is 5.92 Å². The van der Waals surface area contributed by atoms with Crippen LogP contribution in [0.1, 0.15) is 73.2 Å². The highest BCUT2D eigenvalue weighted by atomic mass is 19.4. The van der Waals surface area contributed by atoms with Gasteiger partial charge in [-0.1, -0.05) is 25.3 Å². The number of anilines is 2. The molecule has 0 bridgehead atoms. The van der Waals surface area contributed by atoms with Crippen molar-refractivity contribution >= 4 is 23.5 Å². The van der Waals surface area contributed by atoms with Crippen LogP contribution in [0.2, 0.25) is 0 Å². The van der Waals surface area contributed by atoms with Gasteiger partial charge in [-0.25, -0.2) is 4.98 Å². The molecular formula is C27H34F3N5O3. The molecular weight excluding hydrogens is 499 g/mol. The maximum atomic E-state index is 13.6. The lowest BCUT2D eigenvalue weighted by molar-refractivity contribution is -0.141. The van der Waals surface area contributed by atoms with E-state index >= 15 is 0 Å². The first-order valence-corrected chi connectivity index (χ1v) is 13.6. The number of oxazole rings is 1. The van der Waals surface area contributed by atoms with Crippen LogP contribution in [0.4, 0.5) is 25.0 Å². The third-order valence-electron chi connectivity index (χ3n) is 7.81. The Balaban J connectivity index is 1.20. The summed E-state index contributed by atoms with van der Waals surface area (Å²) in [6.45, 7) is 3.72. The molecule has 5 rings (SSSR count). The number of hydrogen-bond donors (Lipinski definition) is 0. The highest BCUT2D eigenvalue weighted by Crippen LogP contribution is 2.35. The Bertz CT molecular complexity index is 1110. The molecule has 8 nitrogen and oxygen atoms in total. The maximum Gasteiger partial charge on any atom is 0.437 e. The van der Waals surface area contributed by atoms with Crippen LogP contribution in [0.3, 0.4) is 0 Å². The molecule has 38 heavy (non-hydrogen) atoms. The second-order valence-corrected chi connectivity index (χ2v) is 10.5.